The summed E-state index contributed by atoms with van der Waals surface area (Å²) >= 11 is 0. The number of carbonyl (C=O) groups is 5. The fourth-order valence-electron chi connectivity index (χ4n) is 5.93. The van der Waals surface area contributed by atoms with Gasteiger partial charge in [0, 0.05) is 24.1 Å². The van der Waals surface area contributed by atoms with Crippen molar-refractivity contribution in [2.75, 3.05) is 70.8 Å². The fraction of sp³-hybridized carbons (Fsp3) is 0.587. The second-order valence-electron chi connectivity index (χ2n) is 15.3. The van der Waals surface area contributed by atoms with Gasteiger partial charge < -0.3 is 56.3 Å². The summed E-state index contributed by atoms with van der Waals surface area (Å²) < 4.78 is 22.4. The summed E-state index contributed by atoms with van der Waals surface area (Å²) in [6.45, 7) is 19.0. The predicted molar refractivity (Wildman–Crippen MR) is 248 cm³/mol. The summed E-state index contributed by atoms with van der Waals surface area (Å²) in [6.07, 6.45) is 2.92. The van der Waals surface area contributed by atoms with E-state index >= 15 is 0 Å². The summed E-state index contributed by atoms with van der Waals surface area (Å²) in [5.74, 6) is 6.16. The molecule has 9 N–H and O–H groups in total. The molecule has 0 saturated heterocycles. The van der Waals surface area contributed by atoms with Crippen molar-refractivity contribution >= 4 is 47.1 Å². The molecule has 2 atom stereocenters. The number of hydrogen-bond acceptors (Lipinski definition) is 12. The van der Waals surface area contributed by atoms with Crippen molar-refractivity contribution in [1.82, 2.24) is 21.0 Å². The Morgan fingerprint density at radius 3 is 1.90 bits per heavy atom. The zero-order chi connectivity index (χ0) is 47.2. The second kappa shape index (κ2) is 32.6. The van der Waals surface area contributed by atoms with E-state index in [0.29, 0.717) is 82.7 Å². The predicted octanol–water partition coefficient (Wildman–Crippen LogP) is 4.32. The first-order chi connectivity index (χ1) is 30.2. The van der Waals surface area contributed by atoms with Crippen LogP contribution in [0.3, 0.4) is 0 Å². The third-order valence-corrected chi connectivity index (χ3v) is 9.71. The maximum absolute atomic E-state index is 12.9. The van der Waals surface area contributed by atoms with Gasteiger partial charge in [0.15, 0.2) is 5.78 Å². The van der Waals surface area contributed by atoms with Gasteiger partial charge in [0.25, 0.3) is 0 Å². The van der Waals surface area contributed by atoms with Gasteiger partial charge in [-0.2, -0.15) is 0 Å². The molecule has 1 aliphatic heterocycles. The monoisotopic (exact) mass is 885 g/mol. The number of Topliss-reactive ketones (excluding diaryl/α,β-unsaturated/α-hetero) is 1. The van der Waals surface area contributed by atoms with Crippen molar-refractivity contribution in [2.45, 2.75) is 99.7 Å². The maximum Gasteiger partial charge on any atom is 0.312 e. The number of hydrogen-bond donors (Lipinski definition) is 6. The van der Waals surface area contributed by atoms with Gasteiger partial charge in [-0.25, -0.2) is 10.6 Å². The van der Waals surface area contributed by atoms with Gasteiger partial charge in [-0.3, -0.25) is 19.2 Å². The number of nitrogens with zero attached hydrogens (tertiary/aromatic N) is 2. The minimum atomic E-state index is -0.834. The van der Waals surface area contributed by atoms with Crippen LogP contribution in [0.5, 0.6) is 0 Å². The molecule has 2 aromatic carbocycles. The van der Waals surface area contributed by atoms with Crippen LogP contribution in [0.2, 0.25) is 0 Å². The standard InChI is InChI=1S/C39H58N8O9.C5H12.C2H6/c1-27(2)36(38(51)44-32(28(3)49)12-8-15-43-39(41)52)45-34(50)14-17-53-19-21-55-23-24-56-22-20-54-18-16-47(42)37-31-11-6-7-13-33(31)46(26-48)25-29-9-4-5-10-30(29)35(37)40;1-4-5(2)3;1-2/h4-7,9-11,13,26-27,32,36H,8,12,14-25,40,42H2,1-3H3,(H,44,51)(H,45,50)(H3,41,43,52);5H,4H2,1-3H3;1-2H3/b37-35-;;. The first-order valence-electron chi connectivity index (χ1n) is 22.1. The second-order valence-corrected chi connectivity index (χ2v) is 15.3. The van der Waals surface area contributed by atoms with Crippen LogP contribution in [0.4, 0.5) is 10.5 Å². The zero-order valence-corrected chi connectivity index (χ0v) is 38.9. The number of anilines is 1. The number of benzene rings is 2. The molecule has 0 spiro atoms. The number of fused-ring (bicyclic) bond motifs is 2. The molecule has 0 fully saturated rings. The van der Waals surface area contributed by atoms with Gasteiger partial charge in [-0.15, -0.1) is 0 Å². The van der Waals surface area contributed by atoms with E-state index in [9.17, 15) is 24.0 Å². The lowest BCUT2D eigenvalue weighted by molar-refractivity contribution is -0.132. The zero-order valence-electron chi connectivity index (χ0n) is 38.9. The number of carbonyl (C=O) groups excluding carboxylic acids is 5. The van der Waals surface area contributed by atoms with Gasteiger partial charge in [-0.1, -0.05) is 97.4 Å². The van der Waals surface area contributed by atoms with Gasteiger partial charge >= 0.3 is 6.03 Å². The average molecular weight is 885 g/mol. The van der Waals surface area contributed by atoms with E-state index in [2.05, 4.69) is 36.7 Å². The molecule has 1 heterocycles. The Labute approximate surface area is 375 Å². The van der Waals surface area contributed by atoms with Crippen molar-refractivity contribution in [3.63, 3.8) is 0 Å². The molecular weight excluding hydrogens is 809 g/mol. The maximum atomic E-state index is 12.9. The highest BCUT2D eigenvalue weighted by molar-refractivity contribution is 5.96. The van der Waals surface area contributed by atoms with Crippen LogP contribution in [0.25, 0.3) is 11.4 Å². The van der Waals surface area contributed by atoms with Crippen molar-refractivity contribution in [3.05, 3.63) is 65.2 Å². The number of para-hydroxylation sites is 1. The molecular formula is C46H76N8O9. The molecule has 3 rings (SSSR count). The lowest BCUT2D eigenvalue weighted by atomic mass is 9.96. The molecule has 354 valence electrons. The fourth-order valence-corrected chi connectivity index (χ4v) is 5.93. The van der Waals surface area contributed by atoms with E-state index in [0.717, 1.165) is 29.0 Å². The number of primary amides is 1. The summed E-state index contributed by atoms with van der Waals surface area (Å²) in [4.78, 5) is 62.0. The molecule has 2 unspecified atom stereocenters. The van der Waals surface area contributed by atoms with E-state index in [1.165, 1.54) is 13.3 Å². The summed E-state index contributed by atoms with van der Waals surface area (Å²) in [7, 11) is 0. The van der Waals surface area contributed by atoms with E-state index in [-0.39, 0.29) is 43.8 Å². The van der Waals surface area contributed by atoms with E-state index in [1.807, 2.05) is 62.4 Å². The van der Waals surface area contributed by atoms with Gasteiger partial charge in [0.1, 0.15) is 6.04 Å². The van der Waals surface area contributed by atoms with Crippen LogP contribution in [-0.2, 0) is 44.7 Å². The smallest absolute Gasteiger partial charge is 0.312 e. The third kappa shape index (κ3) is 21.7. The van der Waals surface area contributed by atoms with E-state index in [1.54, 1.807) is 23.8 Å². The van der Waals surface area contributed by atoms with Crippen molar-refractivity contribution in [1.29, 1.82) is 0 Å². The molecule has 0 aromatic heterocycles. The molecule has 0 radical (unpaired) electrons. The van der Waals surface area contributed by atoms with Crippen LogP contribution >= 0.6 is 0 Å². The first kappa shape index (κ1) is 55.9. The summed E-state index contributed by atoms with van der Waals surface area (Å²) in [6, 6.07) is 12.9. The third-order valence-electron chi connectivity index (χ3n) is 9.71. The highest BCUT2D eigenvalue weighted by atomic mass is 16.6. The Morgan fingerprint density at radius 1 is 0.825 bits per heavy atom. The average Bonchev–Trinajstić information content (AvgIpc) is 3.26. The molecule has 17 nitrogen and oxygen atoms in total. The topological polar surface area (TPSA) is 243 Å². The SMILES string of the molecule is CC.CC(=O)C(CCCNC(N)=O)NC(=O)C(NC(=O)CCOCCOCCOCCOCCN(N)/C1=C(\N)c2ccccc2CN(C=O)c2ccccc21)C(C)C.CCC(C)C. The van der Waals surface area contributed by atoms with Crippen LogP contribution < -0.4 is 38.2 Å². The van der Waals surface area contributed by atoms with Gasteiger partial charge in [0.2, 0.25) is 18.2 Å². The molecule has 0 saturated carbocycles. The Hall–Kier alpha value is -5.07. The van der Waals surface area contributed by atoms with Gasteiger partial charge in [0.05, 0.1) is 89.1 Å². The lowest BCUT2D eigenvalue weighted by Crippen LogP contribution is -2.53. The Morgan fingerprint density at radius 2 is 1.37 bits per heavy atom. The van der Waals surface area contributed by atoms with Crippen LogP contribution in [-0.4, -0.2) is 113 Å². The Kier molecular flexibility index (Phi) is 28.9. The Balaban J connectivity index is 0.00000264. The number of ketones is 1. The summed E-state index contributed by atoms with van der Waals surface area (Å²) in [5.41, 5.74) is 16.1. The molecule has 17 heteroatoms. The number of amides is 5. The molecule has 0 aliphatic carbocycles. The van der Waals surface area contributed by atoms with Crippen molar-refractivity contribution < 1.29 is 42.9 Å². The van der Waals surface area contributed by atoms with Crippen molar-refractivity contribution in [3.8, 4) is 0 Å². The van der Waals surface area contributed by atoms with Crippen molar-refractivity contribution in [2.24, 2.45) is 29.1 Å². The lowest BCUT2D eigenvalue weighted by Gasteiger charge is -2.31. The molecule has 1 aliphatic rings. The number of urea groups is 1. The highest BCUT2D eigenvalue weighted by Crippen LogP contribution is 2.36. The molecule has 2 aromatic rings. The summed E-state index contributed by atoms with van der Waals surface area (Å²) in [5, 5.41) is 9.42. The minimum Gasteiger partial charge on any atom is -0.396 e. The minimum absolute atomic E-state index is 0.0431. The van der Waals surface area contributed by atoms with Crippen LogP contribution in [0.1, 0.15) is 97.8 Å². The van der Waals surface area contributed by atoms with Crippen LogP contribution in [0.15, 0.2) is 48.5 Å². The number of nitrogens with one attached hydrogen (secondary N) is 3. The molecule has 63 heavy (non-hydrogen) atoms. The quantitative estimate of drug-likeness (QED) is 0.0318. The highest BCUT2D eigenvalue weighted by Gasteiger charge is 2.28. The first-order valence-corrected chi connectivity index (χ1v) is 22.1. The van der Waals surface area contributed by atoms with Crippen LogP contribution in [0, 0.1) is 11.8 Å². The largest absolute Gasteiger partial charge is 0.396 e. The number of ether oxygens (including phenoxy) is 4. The van der Waals surface area contributed by atoms with E-state index < -0.39 is 24.0 Å². The van der Waals surface area contributed by atoms with E-state index in [4.69, 9.17) is 36.3 Å². The molecule has 5 amide bonds. The Bertz CT molecular complexity index is 1690. The van der Waals surface area contributed by atoms with Gasteiger partial charge in [-0.05, 0) is 43.2 Å². The number of rotatable bonds is 27. The normalized spacial score (nSPS) is 14.0. The number of nitrogens with two attached hydrogens (primary N) is 3. The number of hydrazine groups is 1. The molecule has 0 bridgehead atoms.